The standard InChI is InChI=1S/C23H30O6/c1-3-4-10-17-11-8-12-18(17)13-9-16-20(24)23(27,28)22(2,21(25)26)29-19-14-6-5-7-15-19/h4-7,9-10,14-18,27-28H,3,8,11-13H2,1-2H3,(H,25,26)/t17-,18+,22?/m0/s1/i24+0,27+0,28+0. The molecule has 6 nitrogen and oxygen atoms in total. The summed E-state index contributed by atoms with van der Waals surface area (Å²) in [6, 6.07) is 7.88. The van der Waals surface area contributed by atoms with E-state index in [0.29, 0.717) is 18.3 Å². The summed E-state index contributed by atoms with van der Waals surface area (Å²) in [5.41, 5.74) is -2.57. The molecule has 0 amide bonds. The van der Waals surface area contributed by atoms with Gasteiger partial charge >= 0.3 is 5.97 Å². The average molecular weight is 402 g/mol. The minimum atomic E-state index is -3.23. The third-order valence-electron chi connectivity index (χ3n) is 5.53. The van der Waals surface area contributed by atoms with E-state index in [2.05, 4.69) is 19.1 Å². The fraction of sp³-hybridized carbons (Fsp3) is 0.478. The van der Waals surface area contributed by atoms with Crippen LogP contribution in [0.25, 0.3) is 0 Å². The first kappa shape index (κ1) is 22.8. The number of aliphatic carboxylic acids is 1. The fourth-order valence-corrected chi connectivity index (χ4v) is 3.61. The number of carbonyl (C=O) groups is 2. The van der Waals surface area contributed by atoms with Gasteiger partial charge in [-0.2, -0.15) is 0 Å². The van der Waals surface area contributed by atoms with E-state index in [1.807, 2.05) is 0 Å². The van der Waals surface area contributed by atoms with Crippen LogP contribution < -0.4 is 4.74 Å². The maximum Gasteiger partial charge on any atom is 0.354 e. The molecule has 1 aliphatic rings. The van der Waals surface area contributed by atoms with Crippen LogP contribution >= 0.6 is 0 Å². The molecular formula is C23H30O6. The number of carbonyl (C=O) groups excluding carboxylic acids is 1. The van der Waals surface area contributed by atoms with Crippen molar-refractivity contribution >= 4 is 11.8 Å². The van der Waals surface area contributed by atoms with Gasteiger partial charge in [-0.3, -0.25) is 4.79 Å². The number of hydrogen-bond acceptors (Lipinski definition) is 5. The quantitative estimate of drug-likeness (QED) is 0.314. The molecule has 0 aromatic heterocycles. The number of carboxylic acid groups (broad SMARTS) is 1. The maximum atomic E-state index is 12.5. The summed E-state index contributed by atoms with van der Waals surface area (Å²) in [6.45, 7) is 3.05. The van der Waals surface area contributed by atoms with Gasteiger partial charge in [-0.25, -0.2) is 4.79 Å². The lowest BCUT2D eigenvalue weighted by Gasteiger charge is -2.35. The minimum Gasteiger partial charge on any atom is -0.478 e. The van der Waals surface area contributed by atoms with Crippen LogP contribution in [0.1, 0.15) is 46.0 Å². The molecule has 0 bridgehead atoms. The lowest BCUT2D eigenvalue weighted by atomic mass is 9.89. The Morgan fingerprint density at radius 1 is 1.17 bits per heavy atom. The maximum absolute atomic E-state index is 12.5. The molecule has 1 aromatic rings. The highest BCUT2D eigenvalue weighted by atomic mass is 16.6. The Kier molecular flexibility index (Phi) is 7.76. The van der Waals surface area contributed by atoms with Gasteiger partial charge in [-0.1, -0.05) is 49.8 Å². The molecule has 0 heterocycles. The van der Waals surface area contributed by atoms with Gasteiger partial charge in [0.25, 0.3) is 11.4 Å². The van der Waals surface area contributed by atoms with E-state index >= 15 is 0 Å². The van der Waals surface area contributed by atoms with Gasteiger partial charge in [-0.15, -0.1) is 0 Å². The first-order valence-corrected chi connectivity index (χ1v) is 10.0. The molecule has 3 N–H and O–H groups in total. The van der Waals surface area contributed by atoms with Crippen LogP contribution in [0.2, 0.25) is 0 Å². The highest BCUT2D eigenvalue weighted by Crippen LogP contribution is 2.35. The highest BCUT2D eigenvalue weighted by Gasteiger charge is 2.59. The van der Waals surface area contributed by atoms with Gasteiger partial charge in [0, 0.05) is 0 Å². The third-order valence-corrected chi connectivity index (χ3v) is 5.53. The van der Waals surface area contributed by atoms with E-state index in [4.69, 9.17) is 4.74 Å². The van der Waals surface area contributed by atoms with Gasteiger partial charge < -0.3 is 20.1 Å². The molecule has 158 valence electrons. The molecule has 6 heteroatoms. The van der Waals surface area contributed by atoms with Gasteiger partial charge in [0.2, 0.25) is 5.78 Å². The number of carboxylic acids is 1. The van der Waals surface area contributed by atoms with Gasteiger partial charge in [0.1, 0.15) is 5.75 Å². The number of benzene rings is 1. The van der Waals surface area contributed by atoms with Crippen LogP contribution in [0, 0.1) is 11.8 Å². The first-order valence-electron chi connectivity index (χ1n) is 10.0. The molecule has 2 rings (SSSR count). The monoisotopic (exact) mass is 402 g/mol. The smallest absolute Gasteiger partial charge is 0.354 e. The molecule has 1 fully saturated rings. The van der Waals surface area contributed by atoms with Crippen molar-refractivity contribution in [1.29, 1.82) is 0 Å². The van der Waals surface area contributed by atoms with E-state index < -0.39 is 23.1 Å². The molecule has 1 aromatic carbocycles. The van der Waals surface area contributed by atoms with E-state index in [-0.39, 0.29) is 5.75 Å². The summed E-state index contributed by atoms with van der Waals surface area (Å²) in [4.78, 5) is 24.3. The van der Waals surface area contributed by atoms with Crippen molar-refractivity contribution in [1.82, 2.24) is 0 Å². The molecule has 0 aliphatic heterocycles. The summed E-state index contributed by atoms with van der Waals surface area (Å²) >= 11 is 0. The first-order chi connectivity index (χ1) is 13.7. The van der Waals surface area contributed by atoms with Crippen LogP contribution in [-0.2, 0) is 9.59 Å². The Bertz CT molecular complexity index is 752. The van der Waals surface area contributed by atoms with Crippen LogP contribution in [0.5, 0.6) is 5.75 Å². The second kappa shape index (κ2) is 9.85. The lowest BCUT2D eigenvalue weighted by Crippen LogP contribution is -2.65. The number of allylic oxidation sites excluding steroid dienone is 3. The molecule has 3 atom stereocenters. The van der Waals surface area contributed by atoms with E-state index in [9.17, 15) is 24.9 Å². The normalized spacial score (nSPS) is 22.1. The number of hydrogen-bond donors (Lipinski definition) is 3. The van der Waals surface area contributed by atoms with Crippen LogP contribution in [-0.4, -0.2) is 38.5 Å². The molecular weight excluding hydrogens is 372 g/mol. The fourth-order valence-electron chi connectivity index (χ4n) is 3.61. The summed E-state index contributed by atoms with van der Waals surface area (Å²) < 4.78 is 5.33. The van der Waals surface area contributed by atoms with Crippen LogP contribution in [0.15, 0.2) is 54.6 Å². The topological polar surface area (TPSA) is 104 Å². The Morgan fingerprint density at radius 3 is 2.48 bits per heavy atom. The van der Waals surface area contributed by atoms with E-state index in [1.54, 1.807) is 24.3 Å². The van der Waals surface area contributed by atoms with E-state index in [0.717, 1.165) is 38.7 Å². The number of rotatable bonds is 10. The van der Waals surface area contributed by atoms with Crippen molar-refractivity contribution in [3.05, 3.63) is 54.6 Å². The molecule has 1 unspecified atom stereocenters. The predicted octanol–water partition coefficient (Wildman–Crippen LogP) is 3.49. The van der Waals surface area contributed by atoms with Crippen molar-refractivity contribution in [3.63, 3.8) is 0 Å². The Hall–Kier alpha value is -2.44. The number of aliphatic hydroxyl groups is 2. The molecule has 0 radical (unpaired) electrons. The molecule has 1 aliphatic carbocycles. The Labute approximate surface area is 171 Å². The summed E-state index contributed by atoms with van der Waals surface area (Å²) in [7, 11) is 0. The zero-order valence-electron chi connectivity index (χ0n) is 17.0. The minimum absolute atomic E-state index is 0.109. The van der Waals surface area contributed by atoms with Gasteiger partial charge in [0.05, 0.1) is 0 Å². The zero-order chi connectivity index (χ0) is 21.5. The number of ether oxygens (including phenoxy) is 1. The third kappa shape index (κ3) is 5.34. The Morgan fingerprint density at radius 2 is 1.86 bits per heavy atom. The van der Waals surface area contributed by atoms with Gasteiger partial charge in [-0.05, 0) is 62.7 Å². The van der Waals surface area contributed by atoms with E-state index in [1.165, 1.54) is 12.1 Å². The summed E-state index contributed by atoms with van der Waals surface area (Å²) in [5, 5.41) is 30.4. The molecule has 0 saturated heterocycles. The lowest BCUT2D eigenvalue weighted by molar-refractivity contribution is -0.244. The van der Waals surface area contributed by atoms with Crippen LogP contribution in [0.4, 0.5) is 0 Å². The Balaban J connectivity index is 2.10. The highest BCUT2D eigenvalue weighted by molar-refractivity contribution is 6.01. The van der Waals surface area contributed by atoms with Crippen LogP contribution in [0.3, 0.4) is 0 Å². The largest absolute Gasteiger partial charge is 0.478 e. The van der Waals surface area contributed by atoms with Crippen molar-refractivity contribution in [2.24, 2.45) is 11.8 Å². The summed E-state index contributed by atoms with van der Waals surface area (Å²) in [6.07, 6.45) is 11.9. The number of ketones is 1. The zero-order valence-corrected chi connectivity index (χ0v) is 17.0. The number of para-hydroxylation sites is 1. The van der Waals surface area contributed by atoms with Crippen molar-refractivity contribution in [2.45, 2.75) is 57.3 Å². The van der Waals surface area contributed by atoms with Crippen molar-refractivity contribution in [2.75, 3.05) is 0 Å². The second-order valence-corrected chi connectivity index (χ2v) is 7.62. The summed E-state index contributed by atoms with van der Waals surface area (Å²) in [5.74, 6) is -5.07. The molecule has 29 heavy (non-hydrogen) atoms. The van der Waals surface area contributed by atoms with Gasteiger partial charge in [0.15, 0.2) is 0 Å². The van der Waals surface area contributed by atoms with Crippen molar-refractivity contribution in [3.8, 4) is 5.75 Å². The average Bonchev–Trinajstić information content (AvgIpc) is 3.13. The predicted molar refractivity (Wildman–Crippen MR) is 109 cm³/mol. The SMILES string of the molecule is CCC=C[C@H]1CCC[C@@H]1CC=CC(=[16O])C([16OH])([16OH])C(C)(Oc1ccccc1)C(=O)O. The van der Waals surface area contributed by atoms with Crippen molar-refractivity contribution < 1.29 is 29.6 Å². The molecule has 0 spiro atoms. The molecule has 1 saturated carbocycles. The second-order valence-electron chi connectivity index (χ2n) is 7.62.